The van der Waals surface area contributed by atoms with Crippen LogP contribution in [0.15, 0.2) is 100 Å². The van der Waals surface area contributed by atoms with Gasteiger partial charge < -0.3 is 14.2 Å². The first kappa shape index (κ1) is 36.4. The molecule has 2 aliphatic rings. The molecule has 262 valence electrons. The molecule has 5 atom stereocenters. The summed E-state index contributed by atoms with van der Waals surface area (Å²) >= 11 is 0. The number of carbonyl (C=O) groups is 2. The summed E-state index contributed by atoms with van der Waals surface area (Å²) in [7, 11) is -9.14. The van der Waals surface area contributed by atoms with Crippen LogP contribution in [0.1, 0.15) is 64.2 Å². The van der Waals surface area contributed by atoms with Crippen molar-refractivity contribution in [3.05, 3.63) is 107 Å². The standard InChI is InChI=1S/C37H41FO9S2/c1-23(2)30-18-15-24(3)19-33(30)46-34-22-32(37(40)47-34)36(45-25(4)39)31-21-27(38)17-16-26(31)20-35(48(41,42)28-11-7-5-8-12-28)49(43,44)29-13-9-6-10-14-29/h5-14,16-17,21-24,30,33-36H,15,18-20H2,1-4H3/t24-,30+,33-,34-,36+/m1/s1. The van der Waals surface area contributed by atoms with Gasteiger partial charge in [-0.05, 0) is 78.6 Å². The summed E-state index contributed by atoms with van der Waals surface area (Å²) in [5.41, 5.74) is -0.206. The Hall–Kier alpha value is -3.87. The summed E-state index contributed by atoms with van der Waals surface area (Å²) in [6.07, 6.45) is 0.693. The molecule has 0 radical (unpaired) electrons. The lowest BCUT2D eigenvalue weighted by Crippen LogP contribution is -2.36. The van der Waals surface area contributed by atoms with Crippen molar-refractivity contribution in [2.45, 2.75) is 86.2 Å². The monoisotopic (exact) mass is 712 g/mol. The number of esters is 2. The van der Waals surface area contributed by atoms with E-state index in [1.807, 2.05) is 0 Å². The number of rotatable bonds is 12. The lowest BCUT2D eigenvalue weighted by molar-refractivity contribution is -0.179. The molecule has 0 amide bonds. The summed E-state index contributed by atoms with van der Waals surface area (Å²) in [5, 5.41) is 0. The molecule has 0 saturated heterocycles. The van der Waals surface area contributed by atoms with Gasteiger partial charge in [0.15, 0.2) is 30.4 Å². The van der Waals surface area contributed by atoms with Gasteiger partial charge in [0, 0.05) is 18.9 Å². The molecule has 1 aliphatic heterocycles. The first-order valence-electron chi connectivity index (χ1n) is 16.3. The second-order valence-electron chi connectivity index (χ2n) is 13.1. The van der Waals surface area contributed by atoms with Gasteiger partial charge in [-0.25, -0.2) is 26.0 Å². The minimum absolute atomic E-state index is 0.0377. The van der Waals surface area contributed by atoms with Crippen molar-refractivity contribution in [2.75, 3.05) is 0 Å². The normalized spacial score (nSPS) is 22.1. The van der Waals surface area contributed by atoms with Crippen molar-refractivity contribution in [1.82, 2.24) is 0 Å². The highest BCUT2D eigenvalue weighted by atomic mass is 32.3. The van der Waals surface area contributed by atoms with Gasteiger partial charge in [-0.3, -0.25) is 4.79 Å². The van der Waals surface area contributed by atoms with E-state index in [1.54, 1.807) is 12.1 Å². The predicted octanol–water partition coefficient (Wildman–Crippen LogP) is 6.53. The Bertz CT molecular complexity index is 1840. The van der Waals surface area contributed by atoms with Gasteiger partial charge in [0.2, 0.25) is 6.29 Å². The number of benzene rings is 3. The Kier molecular flexibility index (Phi) is 11.1. The fourth-order valence-electron chi connectivity index (χ4n) is 6.67. The summed E-state index contributed by atoms with van der Waals surface area (Å²) in [4.78, 5) is 25.3. The SMILES string of the molecule is CC(=O)O[C@H](C1=C[C@H](O[C@@H]2C[C@H](C)CC[C@H]2C(C)C)OC1=O)c1cc(F)ccc1CC(S(=O)(=O)c1ccccc1)S(=O)(=O)c1ccccc1. The molecule has 5 rings (SSSR count). The van der Waals surface area contributed by atoms with Crippen LogP contribution in [0.4, 0.5) is 4.39 Å². The molecule has 0 N–H and O–H groups in total. The summed E-state index contributed by atoms with van der Waals surface area (Å²) in [6.45, 7) is 7.48. The maximum atomic E-state index is 15.0. The van der Waals surface area contributed by atoms with Crippen LogP contribution in [0.25, 0.3) is 0 Å². The Morgan fingerprint density at radius 3 is 2.06 bits per heavy atom. The molecule has 3 aromatic rings. The number of halogens is 1. The van der Waals surface area contributed by atoms with E-state index in [1.165, 1.54) is 60.7 Å². The highest BCUT2D eigenvalue weighted by Gasteiger charge is 2.43. The zero-order valence-electron chi connectivity index (χ0n) is 27.8. The molecule has 12 heteroatoms. The molecule has 3 aromatic carbocycles. The van der Waals surface area contributed by atoms with E-state index < -0.39 is 60.8 Å². The minimum Gasteiger partial charge on any atom is -0.452 e. The van der Waals surface area contributed by atoms with E-state index in [-0.39, 0.29) is 38.5 Å². The van der Waals surface area contributed by atoms with Gasteiger partial charge in [0.05, 0.1) is 21.5 Å². The number of hydrogen-bond acceptors (Lipinski definition) is 9. The highest BCUT2D eigenvalue weighted by Crippen LogP contribution is 2.40. The molecular weight excluding hydrogens is 672 g/mol. The Morgan fingerprint density at radius 1 is 0.918 bits per heavy atom. The van der Waals surface area contributed by atoms with Crippen molar-refractivity contribution in [3.63, 3.8) is 0 Å². The number of hydrogen-bond donors (Lipinski definition) is 0. The fourth-order valence-corrected chi connectivity index (χ4v) is 11.2. The van der Waals surface area contributed by atoms with Crippen LogP contribution in [-0.2, 0) is 49.9 Å². The second-order valence-corrected chi connectivity index (χ2v) is 17.6. The van der Waals surface area contributed by atoms with Gasteiger partial charge in [-0.15, -0.1) is 0 Å². The quantitative estimate of drug-likeness (QED) is 0.192. The van der Waals surface area contributed by atoms with E-state index in [0.29, 0.717) is 11.8 Å². The minimum atomic E-state index is -4.57. The van der Waals surface area contributed by atoms with Gasteiger partial charge in [-0.2, -0.15) is 0 Å². The van der Waals surface area contributed by atoms with Crippen LogP contribution in [0, 0.1) is 23.6 Å². The molecule has 0 spiro atoms. The molecule has 1 aliphatic carbocycles. The van der Waals surface area contributed by atoms with E-state index in [4.69, 9.17) is 14.2 Å². The van der Waals surface area contributed by atoms with Crippen LogP contribution < -0.4 is 0 Å². The van der Waals surface area contributed by atoms with Crippen LogP contribution in [-0.4, -0.2) is 45.8 Å². The van der Waals surface area contributed by atoms with Crippen molar-refractivity contribution in [3.8, 4) is 0 Å². The van der Waals surface area contributed by atoms with Crippen LogP contribution >= 0.6 is 0 Å². The van der Waals surface area contributed by atoms with E-state index in [9.17, 15) is 30.8 Å². The highest BCUT2D eigenvalue weighted by molar-refractivity contribution is 8.09. The summed E-state index contributed by atoms with van der Waals surface area (Å²) in [5.74, 6) is -1.47. The van der Waals surface area contributed by atoms with E-state index in [0.717, 1.165) is 38.3 Å². The van der Waals surface area contributed by atoms with E-state index in [2.05, 4.69) is 20.8 Å². The lowest BCUT2D eigenvalue weighted by Gasteiger charge is -2.37. The Morgan fingerprint density at radius 2 is 1.51 bits per heavy atom. The van der Waals surface area contributed by atoms with Gasteiger partial charge >= 0.3 is 11.9 Å². The Labute approximate surface area is 287 Å². The van der Waals surface area contributed by atoms with Gasteiger partial charge in [0.25, 0.3) is 0 Å². The van der Waals surface area contributed by atoms with Crippen molar-refractivity contribution in [1.29, 1.82) is 0 Å². The largest absolute Gasteiger partial charge is 0.452 e. The molecule has 49 heavy (non-hydrogen) atoms. The van der Waals surface area contributed by atoms with Crippen LogP contribution in [0.5, 0.6) is 0 Å². The maximum Gasteiger partial charge on any atom is 0.340 e. The molecule has 0 unspecified atom stereocenters. The Balaban J connectivity index is 1.57. The predicted molar refractivity (Wildman–Crippen MR) is 180 cm³/mol. The smallest absolute Gasteiger partial charge is 0.340 e. The summed E-state index contributed by atoms with van der Waals surface area (Å²) in [6, 6.07) is 17.6. The van der Waals surface area contributed by atoms with Crippen LogP contribution in [0.2, 0.25) is 0 Å². The topological polar surface area (TPSA) is 130 Å². The third-order valence-electron chi connectivity index (χ3n) is 9.22. The van der Waals surface area contributed by atoms with Crippen LogP contribution in [0.3, 0.4) is 0 Å². The zero-order chi connectivity index (χ0) is 35.5. The lowest BCUT2D eigenvalue weighted by atomic mass is 9.75. The average Bonchev–Trinajstić information content (AvgIpc) is 3.42. The first-order chi connectivity index (χ1) is 23.2. The molecular formula is C37H41FO9S2. The average molecular weight is 713 g/mol. The van der Waals surface area contributed by atoms with Crippen molar-refractivity contribution < 1.29 is 45.0 Å². The summed E-state index contributed by atoms with van der Waals surface area (Å²) < 4.78 is 86.7. The van der Waals surface area contributed by atoms with Crippen molar-refractivity contribution >= 4 is 31.6 Å². The van der Waals surface area contributed by atoms with Crippen molar-refractivity contribution in [2.24, 2.45) is 17.8 Å². The molecule has 0 aromatic heterocycles. The second kappa shape index (κ2) is 14.9. The molecule has 1 fully saturated rings. The zero-order valence-corrected chi connectivity index (χ0v) is 29.5. The molecule has 0 bridgehead atoms. The molecule has 1 heterocycles. The number of sulfone groups is 2. The van der Waals surface area contributed by atoms with Gasteiger partial charge in [0.1, 0.15) is 5.82 Å². The van der Waals surface area contributed by atoms with E-state index >= 15 is 0 Å². The third-order valence-corrected chi connectivity index (χ3v) is 14.3. The number of cyclic esters (lactones) is 1. The van der Waals surface area contributed by atoms with Gasteiger partial charge in [-0.1, -0.05) is 69.7 Å². The number of ether oxygens (including phenoxy) is 3. The maximum absolute atomic E-state index is 15.0. The first-order valence-corrected chi connectivity index (χ1v) is 19.4. The third kappa shape index (κ3) is 8.13. The fraction of sp³-hybridized carbons (Fsp3) is 0.405. The molecule has 1 saturated carbocycles. The number of carbonyl (C=O) groups excluding carboxylic acids is 2. The molecule has 9 nitrogen and oxygen atoms in total.